The minimum atomic E-state index is 0.702. The fourth-order valence-electron chi connectivity index (χ4n) is 7.00. The van der Waals surface area contributed by atoms with Gasteiger partial charge in [0.1, 0.15) is 0 Å². The van der Waals surface area contributed by atoms with Crippen LogP contribution in [0.4, 0.5) is 0 Å². The molecule has 3 nitrogen and oxygen atoms in total. The molecule has 50 heavy (non-hydrogen) atoms. The summed E-state index contributed by atoms with van der Waals surface area (Å²) in [6.45, 7) is 0. The molecule has 0 saturated heterocycles. The normalized spacial score (nSPS) is 11.2. The van der Waals surface area contributed by atoms with E-state index in [0.717, 1.165) is 44.6 Å². The van der Waals surface area contributed by atoms with Gasteiger partial charge in [-0.3, -0.25) is 4.98 Å². The minimum absolute atomic E-state index is 0.702. The highest BCUT2D eigenvalue weighted by molar-refractivity contribution is 6.12. The lowest BCUT2D eigenvalue weighted by Crippen LogP contribution is -1.97. The van der Waals surface area contributed by atoms with Crippen LogP contribution < -0.4 is 0 Å². The van der Waals surface area contributed by atoms with Crippen LogP contribution in [0, 0.1) is 0 Å². The minimum Gasteiger partial charge on any atom is -0.264 e. The van der Waals surface area contributed by atoms with Crippen LogP contribution in [0.25, 0.3) is 88.8 Å². The molecule has 2 heterocycles. The van der Waals surface area contributed by atoms with Crippen molar-refractivity contribution in [3.05, 3.63) is 188 Å². The summed E-state index contributed by atoms with van der Waals surface area (Å²) in [7, 11) is 0. The summed E-state index contributed by atoms with van der Waals surface area (Å²) in [5.41, 5.74) is 11.9. The molecule has 234 valence electrons. The van der Waals surface area contributed by atoms with Gasteiger partial charge < -0.3 is 0 Å². The Morgan fingerprint density at radius 2 is 0.800 bits per heavy atom. The molecule has 0 atom stereocenters. The summed E-state index contributed by atoms with van der Waals surface area (Å²) in [4.78, 5) is 14.7. The third kappa shape index (κ3) is 5.41. The van der Waals surface area contributed by atoms with E-state index < -0.39 is 0 Å². The van der Waals surface area contributed by atoms with Gasteiger partial charge in [0.2, 0.25) is 0 Å². The van der Waals surface area contributed by atoms with E-state index in [-0.39, 0.29) is 0 Å². The zero-order valence-electron chi connectivity index (χ0n) is 27.2. The Labute approximate surface area is 291 Å². The Hall–Kier alpha value is -6.71. The van der Waals surface area contributed by atoms with Crippen molar-refractivity contribution < 1.29 is 0 Å². The van der Waals surface area contributed by atoms with E-state index in [1.807, 2.05) is 42.7 Å². The molecule has 3 heteroatoms. The third-order valence-corrected chi connectivity index (χ3v) is 9.41. The first-order valence-electron chi connectivity index (χ1n) is 16.9. The number of aromatic nitrogens is 3. The smallest absolute Gasteiger partial charge is 0.160 e. The van der Waals surface area contributed by atoms with E-state index >= 15 is 0 Å². The Balaban J connectivity index is 1.22. The molecule has 2 aromatic heterocycles. The van der Waals surface area contributed by atoms with Crippen LogP contribution in [0.15, 0.2) is 188 Å². The highest BCUT2D eigenvalue weighted by Gasteiger charge is 2.17. The Morgan fingerprint density at radius 3 is 1.46 bits per heavy atom. The molecule has 0 saturated carbocycles. The second-order valence-corrected chi connectivity index (χ2v) is 12.4. The number of rotatable bonds is 6. The molecule has 0 amide bonds. The molecule has 9 aromatic rings. The number of benzene rings is 7. The van der Waals surface area contributed by atoms with Gasteiger partial charge in [0, 0.05) is 34.6 Å². The van der Waals surface area contributed by atoms with E-state index in [2.05, 4.69) is 151 Å². The van der Waals surface area contributed by atoms with Crippen molar-refractivity contribution in [3.63, 3.8) is 0 Å². The molecule has 0 unspecified atom stereocenters. The quantitative estimate of drug-likeness (QED) is 0.182. The van der Waals surface area contributed by atoms with Gasteiger partial charge in [-0.15, -0.1) is 0 Å². The fourth-order valence-corrected chi connectivity index (χ4v) is 7.00. The number of fused-ring (bicyclic) bond motifs is 2. The van der Waals surface area contributed by atoms with Crippen molar-refractivity contribution in [1.82, 2.24) is 15.0 Å². The van der Waals surface area contributed by atoms with E-state index in [4.69, 9.17) is 9.97 Å². The Morgan fingerprint density at radius 1 is 0.300 bits per heavy atom. The summed E-state index contributed by atoms with van der Waals surface area (Å²) in [6, 6.07) is 61.9. The molecular weight excluding hydrogens is 607 g/mol. The van der Waals surface area contributed by atoms with Gasteiger partial charge in [-0.2, -0.15) is 0 Å². The van der Waals surface area contributed by atoms with Crippen molar-refractivity contribution in [2.24, 2.45) is 0 Å². The second kappa shape index (κ2) is 12.7. The maximum Gasteiger partial charge on any atom is 0.160 e. The van der Waals surface area contributed by atoms with Crippen molar-refractivity contribution in [3.8, 4) is 67.3 Å². The van der Waals surface area contributed by atoms with E-state index in [1.54, 1.807) is 0 Å². The van der Waals surface area contributed by atoms with Crippen LogP contribution in [0.3, 0.4) is 0 Å². The van der Waals surface area contributed by atoms with E-state index in [9.17, 15) is 0 Å². The Kier molecular flexibility index (Phi) is 7.49. The summed E-state index contributed by atoms with van der Waals surface area (Å²) in [5, 5.41) is 4.74. The summed E-state index contributed by atoms with van der Waals surface area (Å²) < 4.78 is 0. The average Bonchev–Trinajstić information content (AvgIpc) is 3.21. The summed E-state index contributed by atoms with van der Waals surface area (Å²) >= 11 is 0. The van der Waals surface area contributed by atoms with Gasteiger partial charge in [-0.25, -0.2) is 9.97 Å². The first-order valence-corrected chi connectivity index (χ1v) is 16.9. The molecule has 0 aliphatic carbocycles. The first kappa shape index (κ1) is 29.4. The van der Waals surface area contributed by atoms with Crippen molar-refractivity contribution in [1.29, 1.82) is 0 Å². The van der Waals surface area contributed by atoms with Crippen molar-refractivity contribution in [2.75, 3.05) is 0 Å². The molecule has 0 aliphatic heterocycles. The van der Waals surface area contributed by atoms with Gasteiger partial charge in [-0.1, -0.05) is 158 Å². The lowest BCUT2D eigenvalue weighted by atomic mass is 9.89. The number of hydrogen-bond acceptors (Lipinski definition) is 3. The van der Waals surface area contributed by atoms with Crippen LogP contribution in [0.2, 0.25) is 0 Å². The predicted octanol–water partition coefficient (Wildman–Crippen LogP) is 12.2. The zero-order chi connectivity index (χ0) is 33.3. The van der Waals surface area contributed by atoms with Crippen LogP contribution in [0.1, 0.15) is 0 Å². The summed E-state index contributed by atoms with van der Waals surface area (Å²) in [6.07, 6.45) is 3.75. The molecule has 7 aromatic carbocycles. The lowest BCUT2D eigenvalue weighted by Gasteiger charge is -2.16. The van der Waals surface area contributed by atoms with Crippen LogP contribution in [-0.2, 0) is 0 Å². The molecule has 0 bridgehead atoms. The summed E-state index contributed by atoms with van der Waals surface area (Å²) in [5.74, 6) is 0.702. The SMILES string of the molecule is c1ccc(-c2cccc(-c3cc(-c4ccc(-c5ccc(-c6cccnc6)c6ccccc56)c5ccccc45)nc(-c4ccccc4)n3)c2)cc1. The van der Waals surface area contributed by atoms with Gasteiger partial charge in [0.05, 0.1) is 11.4 Å². The van der Waals surface area contributed by atoms with E-state index in [0.29, 0.717) is 5.82 Å². The molecule has 0 fully saturated rings. The fraction of sp³-hybridized carbons (Fsp3) is 0. The Bertz CT molecular complexity index is 2630. The van der Waals surface area contributed by atoms with E-state index in [1.165, 1.54) is 38.4 Å². The monoisotopic (exact) mass is 637 g/mol. The van der Waals surface area contributed by atoms with Gasteiger partial charge >= 0.3 is 0 Å². The topological polar surface area (TPSA) is 38.7 Å². The third-order valence-electron chi connectivity index (χ3n) is 9.41. The van der Waals surface area contributed by atoms with Gasteiger partial charge in [-0.05, 0) is 67.6 Å². The molecule has 0 N–H and O–H groups in total. The van der Waals surface area contributed by atoms with Crippen LogP contribution in [-0.4, -0.2) is 15.0 Å². The molecule has 0 spiro atoms. The van der Waals surface area contributed by atoms with Crippen LogP contribution in [0.5, 0.6) is 0 Å². The maximum absolute atomic E-state index is 5.21. The molecular formula is C47H31N3. The second-order valence-electron chi connectivity index (χ2n) is 12.4. The van der Waals surface area contributed by atoms with Crippen LogP contribution >= 0.6 is 0 Å². The van der Waals surface area contributed by atoms with Gasteiger partial charge in [0.25, 0.3) is 0 Å². The number of hydrogen-bond donors (Lipinski definition) is 0. The standard InChI is InChI=1S/C47H31N3/c1-3-13-32(14-4-1)34-17-11-18-35(29-34)45-30-46(50-47(49-45)33-15-5-2-6-16-33)44-27-26-43(40-22-9-10-23-41(40)44)42-25-24-37(36-19-12-28-48-31-36)38-20-7-8-21-39(38)42/h1-31H. The van der Waals surface area contributed by atoms with Crippen molar-refractivity contribution >= 4 is 21.5 Å². The number of pyridine rings is 1. The molecule has 9 rings (SSSR count). The molecule has 0 radical (unpaired) electrons. The zero-order valence-corrected chi connectivity index (χ0v) is 27.2. The number of nitrogens with zero attached hydrogens (tertiary/aromatic N) is 3. The van der Waals surface area contributed by atoms with Crippen molar-refractivity contribution in [2.45, 2.75) is 0 Å². The highest BCUT2D eigenvalue weighted by atomic mass is 14.9. The first-order chi connectivity index (χ1) is 24.8. The predicted molar refractivity (Wildman–Crippen MR) is 207 cm³/mol. The largest absolute Gasteiger partial charge is 0.264 e. The van der Waals surface area contributed by atoms with Gasteiger partial charge in [0.15, 0.2) is 5.82 Å². The maximum atomic E-state index is 5.21. The lowest BCUT2D eigenvalue weighted by molar-refractivity contribution is 1.18. The average molecular weight is 638 g/mol. The highest BCUT2D eigenvalue weighted by Crippen LogP contribution is 2.41. The molecule has 0 aliphatic rings.